The lowest BCUT2D eigenvalue weighted by molar-refractivity contribution is 0.127. The van der Waals surface area contributed by atoms with Gasteiger partial charge < -0.3 is 20.5 Å². The van der Waals surface area contributed by atoms with Crippen molar-refractivity contribution in [2.24, 2.45) is 10.4 Å². The molecule has 0 aromatic heterocycles. The molecule has 0 spiro atoms. The van der Waals surface area contributed by atoms with Crippen LogP contribution in [-0.4, -0.2) is 44.0 Å². The van der Waals surface area contributed by atoms with Gasteiger partial charge >= 0.3 is 0 Å². The smallest absolute Gasteiger partial charge is 0.191 e. The fraction of sp³-hybridized carbons (Fsp3) is 0.682. The van der Waals surface area contributed by atoms with Gasteiger partial charge in [-0.1, -0.05) is 0 Å². The Morgan fingerprint density at radius 2 is 1.67 bits per heavy atom. The Bertz CT molecular complexity index is 648. The second kappa shape index (κ2) is 9.56. The molecular formula is C22H37N3O2. The summed E-state index contributed by atoms with van der Waals surface area (Å²) in [6.45, 7) is 17.0. The van der Waals surface area contributed by atoms with Gasteiger partial charge in [-0.05, 0) is 87.8 Å². The predicted octanol–water partition coefficient (Wildman–Crippen LogP) is 3.07. The summed E-state index contributed by atoms with van der Waals surface area (Å²) >= 11 is 0. The lowest BCUT2D eigenvalue weighted by Gasteiger charge is -2.27. The van der Waals surface area contributed by atoms with Gasteiger partial charge in [0.2, 0.25) is 0 Å². The van der Waals surface area contributed by atoms with E-state index in [1.54, 1.807) is 0 Å². The van der Waals surface area contributed by atoms with Crippen LogP contribution in [0.2, 0.25) is 0 Å². The fourth-order valence-electron chi connectivity index (χ4n) is 3.90. The number of nitrogens with zero attached hydrogens (tertiary/aromatic N) is 1. The van der Waals surface area contributed by atoms with Crippen LogP contribution in [0.1, 0.15) is 53.1 Å². The minimum atomic E-state index is 0.00775. The molecule has 1 atom stereocenters. The van der Waals surface area contributed by atoms with Crippen LogP contribution in [0.4, 0.5) is 0 Å². The van der Waals surface area contributed by atoms with Crippen molar-refractivity contribution in [3.63, 3.8) is 0 Å². The highest BCUT2D eigenvalue weighted by Crippen LogP contribution is 2.31. The molecule has 1 aromatic carbocycles. The first-order valence-electron chi connectivity index (χ1n) is 10.1. The topological polar surface area (TPSA) is 65.9 Å². The van der Waals surface area contributed by atoms with Crippen LogP contribution >= 0.6 is 0 Å². The van der Waals surface area contributed by atoms with Crippen LogP contribution in [0, 0.1) is 40.0 Å². The van der Waals surface area contributed by atoms with E-state index in [1.807, 2.05) is 0 Å². The van der Waals surface area contributed by atoms with Crippen molar-refractivity contribution >= 4 is 5.96 Å². The van der Waals surface area contributed by atoms with Crippen molar-refractivity contribution in [1.29, 1.82) is 0 Å². The predicted molar refractivity (Wildman–Crippen MR) is 113 cm³/mol. The number of aliphatic hydroxyl groups excluding tert-OH is 1. The lowest BCUT2D eigenvalue weighted by Crippen LogP contribution is -2.44. The summed E-state index contributed by atoms with van der Waals surface area (Å²) in [7, 11) is 0. The minimum absolute atomic E-state index is 0.00775. The number of guanidine groups is 1. The van der Waals surface area contributed by atoms with Crippen LogP contribution in [0.3, 0.4) is 0 Å². The number of ether oxygens (including phenoxy) is 1. The molecule has 0 saturated carbocycles. The molecule has 1 unspecified atom stereocenters. The average Bonchev–Trinajstić information content (AvgIpc) is 3.12. The highest BCUT2D eigenvalue weighted by Gasteiger charge is 2.34. The third-order valence-electron chi connectivity index (χ3n) is 6.35. The molecule has 1 aliphatic rings. The zero-order valence-electron chi connectivity index (χ0n) is 18.0. The minimum Gasteiger partial charge on any atom is -0.396 e. The average molecular weight is 376 g/mol. The second-order valence-corrected chi connectivity index (χ2v) is 7.93. The van der Waals surface area contributed by atoms with Crippen molar-refractivity contribution in [2.75, 3.05) is 32.9 Å². The number of aliphatic imine (C=N–C) groups is 1. The molecule has 1 aromatic rings. The van der Waals surface area contributed by atoms with E-state index in [2.05, 4.69) is 52.2 Å². The summed E-state index contributed by atoms with van der Waals surface area (Å²) in [5, 5.41) is 16.3. The molecule has 0 amide bonds. The number of nitrogens with one attached hydrogen (secondary N) is 2. The molecule has 2 rings (SSSR count). The van der Waals surface area contributed by atoms with E-state index in [4.69, 9.17) is 9.73 Å². The number of hydrogen-bond acceptors (Lipinski definition) is 3. The van der Waals surface area contributed by atoms with E-state index in [-0.39, 0.29) is 12.0 Å². The van der Waals surface area contributed by atoms with Crippen LogP contribution in [0.25, 0.3) is 0 Å². The molecule has 152 valence electrons. The number of benzene rings is 1. The number of rotatable bonds is 7. The normalized spacial score (nSPS) is 20.2. The SMILES string of the molecule is CCNC(=NCc1c(C)c(C)c(C)c(C)c1C)NCC1(CCO)CCOC1. The third-order valence-corrected chi connectivity index (χ3v) is 6.35. The van der Waals surface area contributed by atoms with E-state index >= 15 is 0 Å². The first-order chi connectivity index (χ1) is 12.8. The lowest BCUT2D eigenvalue weighted by atomic mass is 9.84. The first kappa shape index (κ1) is 21.7. The number of hydrogen-bond donors (Lipinski definition) is 3. The molecule has 1 fully saturated rings. The monoisotopic (exact) mass is 375 g/mol. The summed E-state index contributed by atoms with van der Waals surface area (Å²) in [6, 6.07) is 0. The molecule has 27 heavy (non-hydrogen) atoms. The Morgan fingerprint density at radius 1 is 1.04 bits per heavy atom. The van der Waals surface area contributed by atoms with E-state index in [1.165, 1.54) is 33.4 Å². The molecule has 0 radical (unpaired) electrons. The Balaban J connectivity index is 2.16. The summed E-state index contributed by atoms with van der Waals surface area (Å²) in [5.74, 6) is 0.830. The van der Waals surface area contributed by atoms with E-state index in [0.29, 0.717) is 13.2 Å². The summed E-state index contributed by atoms with van der Waals surface area (Å²) in [4.78, 5) is 4.86. The van der Waals surface area contributed by atoms with Crippen molar-refractivity contribution in [2.45, 2.75) is 60.9 Å². The van der Waals surface area contributed by atoms with Crippen molar-refractivity contribution in [3.8, 4) is 0 Å². The molecule has 0 aliphatic carbocycles. The first-order valence-corrected chi connectivity index (χ1v) is 10.1. The maximum Gasteiger partial charge on any atom is 0.191 e. The van der Waals surface area contributed by atoms with Gasteiger partial charge in [-0.15, -0.1) is 0 Å². The summed E-state index contributed by atoms with van der Waals surface area (Å²) in [6.07, 6.45) is 1.74. The molecule has 5 heteroatoms. The maximum atomic E-state index is 9.42. The van der Waals surface area contributed by atoms with Gasteiger partial charge in [0, 0.05) is 31.7 Å². The summed E-state index contributed by atoms with van der Waals surface area (Å²) < 4.78 is 5.59. The van der Waals surface area contributed by atoms with Gasteiger partial charge in [-0.3, -0.25) is 0 Å². The number of aliphatic hydroxyl groups is 1. The quantitative estimate of drug-likeness (QED) is 0.506. The highest BCUT2D eigenvalue weighted by molar-refractivity contribution is 5.79. The molecule has 3 N–H and O–H groups in total. The standard InChI is InChI=1S/C22H37N3O2/c1-7-23-21(25-13-22(8-10-26)9-11-27-14-22)24-12-20-18(5)16(3)15(2)17(4)19(20)6/h26H,7-14H2,1-6H3,(H2,23,24,25). The Hall–Kier alpha value is -1.59. The molecule has 1 aliphatic heterocycles. The van der Waals surface area contributed by atoms with E-state index < -0.39 is 0 Å². The molecule has 5 nitrogen and oxygen atoms in total. The van der Waals surface area contributed by atoms with Crippen LogP contribution in [0.5, 0.6) is 0 Å². The van der Waals surface area contributed by atoms with Crippen molar-refractivity contribution in [1.82, 2.24) is 10.6 Å². The Morgan fingerprint density at radius 3 is 2.19 bits per heavy atom. The van der Waals surface area contributed by atoms with Gasteiger partial charge in [0.05, 0.1) is 13.2 Å². The van der Waals surface area contributed by atoms with Crippen LogP contribution < -0.4 is 10.6 Å². The highest BCUT2D eigenvalue weighted by atomic mass is 16.5. The van der Waals surface area contributed by atoms with Gasteiger partial charge in [-0.25, -0.2) is 4.99 Å². The zero-order valence-corrected chi connectivity index (χ0v) is 18.0. The van der Waals surface area contributed by atoms with Gasteiger partial charge in [0.15, 0.2) is 5.96 Å². The van der Waals surface area contributed by atoms with Gasteiger partial charge in [0.25, 0.3) is 0 Å². The van der Waals surface area contributed by atoms with E-state index in [9.17, 15) is 5.11 Å². The van der Waals surface area contributed by atoms with Crippen molar-refractivity contribution in [3.05, 3.63) is 33.4 Å². The Kier molecular flexibility index (Phi) is 7.68. The van der Waals surface area contributed by atoms with E-state index in [0.717, 1.165) is 38.5 Å². The van der Waals surface area contributed by atoms with Gasteiger partial charge in [0.1, 0.15) is 0 Å². The zero-order chi connectivity index (χ0) is 20.0. The molecule has 1 saturated heterocycles. The summed E-state index contributed by atoms with van der Waals surface area (Å²) in [5.41, 5.74) is 8.13. The molecule has 1 heterocycles. The third kappa shape index (κ3) is 5.02. The largest absolute Gasteiger partial charge is 0.396 e. The second-order valence-electron chi connectivity index (χ2n) is 7.93. The molecular weight excluding hydrogens is 338 g/mol. The van der Waals surface area contributed by atoms with Gasteiger partial charge in [-0.2, -0.15) is 0 Å². The van der Waals surface area contributed by atoms with Crippen LogP contribution in [0.15, 0.2) is 4.99 Å². The molecule has 0 bridgehead atoms. The fourth-order valence-corrected chi connectivity index (χ4v) is 3.90. The van der Waals surface area contributed by atoms with Crippen molar-refractivity contribution < 1.29 is 9.84 Å². The maximum absolute atomic E-state index is 9.42. The Labute approximate surface area is 164 Å². The van der Waals surface area contributed by atoms with Crippen LogP contribution in [-0.2, 0) is 11.3 Å².